The number of piperidine rings is 1. The van der Waals surface area contributed by atoms with Crippen molar-refractivity contribution in [2.45, 2.75) is 45.6 Å². The molecule has 20 heavy (non-hydrogen) atoms. The molecule has 114 valence electrons. The minimum absolute atomic E-state index is 0. The van der Waals surface area contributed by atoms with Gasteiger partial charge < -0.3 is 4.90 Å². The topological polar surface area (TPSA) is 23.6 Å². The first kappa shape index (κ1) is 17.5. The van der Waals surface area contributed by atoms with Crippen LogP contribution in [0.15, 0.2) is 17.5 Å². The standard InChI is InChI=1S/C15H24N2OS.ClH/c1-3-14(18)17(15-8-7-11-19-15)12-13(2)16-9-5-4-6-10-16;/h7-8,11,13H,3-6,9-10,12H2,1-2H3;1H. The van der Waals surface area contributed by atoms with E-state index in [4.69, 9.17) is 0 Å². The molecule has 0 N–H and O–H groups in total. The summed E-state index contributed by atoms with van der Waals surface area (Å²) in [6.07, 6.45) is 4.52. The summed E-state index contributed by atoms with van der Waals surface area (Å²) in [4.78, 5) is 16.6. The van der Waals surface area contributed by atoms with Crippen LogP contribution >= 0.6 is 23.7 Å². The highest BCUT2D eigenvalue weighted by molar-refractivity contribution is 7.14. The Morgan fingerprint density at radius 1 is 1.40 bits per heavy atom. The van der Waals surface area contributed by atoms with Crippen molar-refractivity contribution in [3.63, 3.8) is 0 Å². The average Bonchev–Trinajstić information content (AvgIpc) is 2.98. The van der Waals surface area contributed by atoms with Gasteiger partial charge >= 0.3 is 0 Å². The highest BCUT2D eigenvalue weighted by atomic mass is 35.5. The summed E-state index contributed by atoms with van der Waals surface area (Å²) < 4.78 is 0. The summed E-state index contributed by atoms with van der Waals surface area (Å²) in [6, 6.07) is 4.50. The maximum absolute atomic E-state index is 12.1. The zero-order valence-corrected chi connectivity index (χ0v) is 14.0. The van der Waals surface area contributed by atoms with Crippen LogP contribution in [0.4, 0.5) is 5.00 Å². The van der Waals surface area contributed by atoms with Gasteiger partial charge in [0, 0.05) is 19.0 Å². The minimum atomic E-state index is 0. The molecule has 0 spiro atoms. The lowest BCUT2D eigenvalue weighted by molar-refractivity contribution is -0.118. The molecule has 1 amide bonds. The zero-order valence-electron chi connectivity index (χ0n) is 12.4. The summed E-state index contributed by atoms with van der Waals surface area (Å²) in [7, 11) is 0. The molecule has 3 nitrogen and oxygen atoms in total. The van der Waals surface area contributed by atoms with Gasteiger partial charge in [0.25, 0.3) is 0 Å². The highest BCUT2D eigenvalue weighted by Gasteiger charge is 2.22. The fourth-order valence-corrected chi connectivity index (χ4v) is 3.43. The second-order valence-electron chi connectivity index (χ2n) is 5.25. The van der Waals surface area contributed by atoms with E-state index in [0.29, 0.717) is 12.5 Å². The Morgan fingerprint density at radius 3 is 2.65 bits per heavy atom. The number of carbonyl (C=O) groups excluding carboxylic acids is 1. The molecule has 0 aromatic carbocycles. The van der Waals surface area contributed by atoms with Crippen LogP contribution in [0, 0.1) is 0 Å². The summed E-state index contributed by atoms with van der Waals surface area (Å²) in [6.45, 7) is 7.36. The van der Waals surface area contributed by atoms with Crippen LogP contribution in [0.3, 0.4) is 0 Å². The van der Waals surface area contributed by atoms with E-state index >= 15 is 0 Å². The molecule has 0 bridgehead atoms. The number of hydrogen-bond acceptors (Lipinski definition) is 3. The van der Waals surface area contributed by atoms with E-state index in [1.807, 2.05) is 29.3 Å². The molecule has 1 fully saturated rings. The Hall–Kier alpha value is -0.580. The van der Waals surface area contributed by atoms with E-state index in [9.17, 15) is 4.79 Å². The van der Waals surface area contributed by atoms with Gasteiger partial charge in [-0.2, -0.15) is 0 Å². The Morgan fingerprint density at radius 2 is 2.10 bits per heavy atom. The molecule has 1 aromatic rings. The Labute approximate surface area is 132 Å². The molecule has 1 atom stereocenters. The van der Waals surface area contributed by atoms with E-state index in [0.717, 1.165) is 11.5 Å². The molecule has 2 rings (SSSR count). The summed E-state index contributed by atoms with van der Waals surface area (Å²) in [5.74, 6) is 0.228. The molecule has 1 aliphatic rings. The predicted molar refractivity (Wildman–Crippen MR) is 89.1 cm³/mol. The van der Waals surface area contributed by atoms with Crippen molar-refractivity contribution >= 4 is 34.7 Å². The molecule has 0 radical (unpaired) electrons. The molecule has 0 saturated carbocycles. The van der Waals surface area contributed by atoms with Crippen molar-refractivity contribution in [3.8, 4) is 0 Å². The highest BCUT2D eigenvalue weighted by Crippen LogP contribution is 2.23. The van der Waals surface area contributed by atoms with E-state index in [-0.39, 0.29) is 18.3 Å². The first-order valence-electron chi connectivity index (χ1n) is 7.30. The average molecular weight is 317 g/mol. The monoisotopic (exact) mass is 316 g/mol. The van der Waals surface area contributed by atoms with Gasteiger partial charge in [0.15, 0.2) is 0 Å². The Bertz CT molecular complexity index is 391. The molecule has 5 heteroatoms. The van der Waals surface area contributed by atoms with Gasteiger partial charge in [0.1, 0.15) is 0 Å². The van der Waals surface area contributed by atoms with Crippen molar-refractivity contribution in [3.05, 3.63) is 17.5 Å². The van der Waals surface area contributed by atoms with E-state index in [2.05, 4.69) is 11.8 Å². The lowest BCUT2D eigenvalue weighted by atomic mass is 10.1. The molecule has 1 aliphatic heterocycles. The summed E-state index contributed by atoms with van der Waals surface area (Å²) in [5, 5.41) is 3.12. The first-order chi connectivity index (χ1) is 9.22. The van der Waals surface area contributed by atoms with Gasteiger partial charge in [-0.1, -0.05) is 13.3 Å². The molecule has 1 aromatic heterocycles. The first-order valence-corrected chi connectivity index (χ1v) is 8.18. The predicted octanol–water partition coefficient (Wildman–Crippen LogP) is 3.79. The van der Waals surface area contributed by atoms with Gasteiger partial charge in [-0.15, -0.1) is 23.7 Å². The van der Waals surface area contributed by atoms with Gasteiger partial charge in [-0.3, -0.25) is 9.69 Å². The molecule has 2 heterocycles. The van der Waals surface area contributed by atoms with Crippen LogP contribution in [0.25, 0.3) is 0 Å². The summed E-state index contributed by atoms with van der Waals surface area (Å²) in [5.41, 5.74) is 0. The van der Waals surface area contributed by atoms with Crippen molar-refractivity contribution in [2.75, 3.05) is 24.5 Å². The van der Waals surface area contributed by atoms with E-state index < -0.39 is 0 Å². The third kappa shape index (κ3) is 4.47. The number of amides is 1. The Balaban J connectivity index is 0.00000200. The van der Waals surface area contributed by atoms with E-state index in [1.54, 1.807) is 11.3 Å². The quantitative estimate of drug-likeness (QED) is 0.825. The third-order valence-electron chi connectivity index (χ3n) is 3.84. The van der Waals surface area contributed by atoms with Crippen LogP contribution in [0.5, 0.6) is 0 Å². The third-order valence-corrected chi connectivity index (χ3v) is 4.73. The van der Waals surface area contributed by atoms with Crippen LogP contribution in [-0.2, 0) is 4.79 Å². The molecular weight excluding hydrogens is 292 g/mol. The number of likely N-dealkylation sites (tertiary alicyclic amines) is 1. The second kappa shape index (κ2) is 8.65. The second-order valence-corrected chi connectivity index (χ2v) is 6.18. The number of rotatable bonds is 5. The van der Waals surface area contributed by atoms with Gasteiger partial charge in [-0.25, -0.2) is 0 Å². The number of thiophene rings is 1. The Kier molecular flexibility index (Phi) is 7.56. The largest absolute Gasteiger partial charge is 0.302 e. The lowest BCUT2D eigenvalue weighted by Gasteiger charge is -2.35. The van der Waals surface area contributed by atoms with Gasteiger partial charge in [0.05, 0.1) is 5.00 Å². The SMILES string of the molecule is CCC(=O)N(CC(C)N1CCCCC1)c1cccs1.Cl. The van der Waals surface area contributed by atoms with Crippen LogP contribution in [-0.4, -0.2) is 36.5 Å². The molecular formula is C15H25ClN2OS. The number of carbonyl (C=O) groups is 1. The minimum Gasteiger partial charge on any atom is -0.302 e. The number of nitrogens with zero attached hydrogens (tertiary/aromatic N) is 2. The molecule has 0 aliphatic carbocycles. The lowest BCUT2D eigenvalue weighted by Crippen LogP contribution is -2.46. The smallest absolute Gasteiger partial charge is 0.227 e. The van der Waals surface area contributed by atoms with Crippen LogP contribution in [0.1, 0.15) is 39.5 Å². The fraction of sp³-hybridized carbons (Fsp3) is 0.667. The zero-order chi connectivity index (χ0) is 13.7. The van der Waals surface area contributed by atoms with Crippen LogP contribution in [0.2, 0.25) is 0 Å². The van der Waals surface area contributed by atoms with Crippen molar-refractivity contribution in [1.29, 1.82) is 0 Å². The normalized spacial score (nSPS) is 17.3. The molecule has 1 unspecified atom stereocenters. The van der Waals surface area contributed by atoms with Crippen LogP contribution < -0.4 is 4.90 Å². The summed E-state index contributed by atoms with van der Waals surface area (Å²) >= 11 is 1.65. The van der Waals surface area contributed by atoms with Gasteiger partial charge in [0.2, 0.25) is 5.91 Å². The number of anilines is 1. The fourth-order valence-electron chi connectivity index (χ4n) is 2.67. The molecule has 1 saturated heterocycles. The van der Waals surface area contributed by atoms with Crippen molar-refractivity contribution < 1.29 is 4.79 Å². The number of hydrogen-bond donors (Lipinski definition) is 0. The van der Waals surface area contributed by atoms with Crippen molar-refractivity contribution in [2.24, 2.45) is 0 Å². The maximum Gasteiger partial charge on any atom is 0.227 e. The van der Waals surface area contributed by atoms with E-state index in [1.165, 1.54) is 32.4 Å². The van der Waals surface area contributed by atoms with Gasteiger partial charge in [-0.05, 0) is 50.4 Å². The van der Waals surface area contributed by atoms with Crippen molar-refractivity contribution in [1.82, 2.24) is 4.90 Å². The number of halogens is 1. The maximum atomic E-state index is 12.1.